The molecule has 0 bridgehead atoms. The molecule has 0 saturated heterocycles. The van der Waals surface area contributed by atoms with E-state index in [1.807, 2.05) is 12.1 Å². The maximum Gasteiger partial charge on any atom is 0.180 e. The number of nitrogens with zero attached hydrogens (tertiary/aromatic N) is 3. The second kappa shape index (κ2) is 3.57. The molecule has 0 fully saturated rings. The molecule has 4 heteroatoms. The van der Waals surface area contributed by atoms with E-state index in [1.165, 1.54) is 0 Å². The molecule has 0 atom stereocenters. The fourth-order valence-corrected chi connectivity index (χ4v) is 1.23. The second-order valence-electron chi connectivity index (χ2n) is 3.39. The van der Waals surface area contributed by atoms with Gasteiger partial charge in [0.05, 0.1) is 0 Å². The second-order valence-corrected chi connectivity index (χ2v) is 3.39. The van der Waals surface area contributed by atoms with Gasteiger partial charge < -0.3 is 5.32 Å². The van der Waals surface area contributed by atoms with Crippen LogP contribution < -0.4 is 5.32 Å². The summed E-state index contributed by atoms with van der Waals surface area (Å²) in [6, 6.07) is 4.20. The third-order valence-corrected chi connectivity index (χ3v) is 1.77. The molecule has 0 saturated carbocycles. The van der Waals surface area contributed by atoms with E-state index in [0.717, 1.165) is 11.3 Å². The van der Waals surface area contributed by atoms with Crippen LogP contribution >= 0.6 is 0 Å². The summed E-state index contributed by atoms with van der Waals surface area (Å²) in [6.07, 6.45) is 3.31. The lowest BCUT2D eigenvalue weighted by atomic mass is 10.3. The van der Waals surface area contributed by atoms with Gasteiger partial charge in [-0.1, -0.05) is 0 Å². The smallest absolute Gasteiger partial charge is 0.180 e. The van der Waals surface area contributed by atoms with Gasteiger partial charge in [0.15, 0.2) is 5.65 Å². The predicted octanol–water partition coefficient (Wildman–Crippen LogP) is 1.85. The Labute approximate surface area is 82.4 Å². The summed E-state index contributed by atoms with van der Waals surface area (Å²) < 4.78 is 0. The summed E-state index contributed by atoms with van der Waals surface area (Å²) in [5, 5.41) is 3.22. The first kappa shape index (κ1) is 8.87. The molecule has 0 unspecified atom stereocenters. The molecule has 2 aromatic rings. The number of anilines is 1. The maximum atomic E-state index is 4.33. The maximum absolute atomic E-state index is 4.33. The Morgan fingerprint density at radius 2 is 1.93 bits per heavy atom. The lowest BCUT2D eigenvalue weighted by molar-refractivity contribution is 0.890. The van der Waals surface area contributed by atoms with Crippen LogP contribution in [0.3, 0.4) is 0 Å². The van der Waals surface area contributed by atoms with Crippen LogP contribution in [0, 0.1) is 0 Å². The minimum atomic E-state index is 0.372. The van der Waals surface area contributed by atoms with Gasteiger partial charge in [-0.3, -0.25) is 4.98 Å². The highest BCUT2D eigenvalue weighted by Crippen LogP contribution is 2.10. The zero-order chi connectivity index (χ0) is 9.97. The summed E-state index contributed by atoms with van der Waals surface area (Å²) >= 11 is 0. The molecule has 0 aliphatic rings. The van der Waals surface area contributed by atoms with Crippen molar-refractivity contribution in [3.05, 3.63) is 24.5 Å². The van der Waals surface area contributed by atoms with Gasteiger partial charge in [0.25, 0.3) is 0 Å². The van der Waals surface area contributed by atoms with Gasteiger partial charge in [0.2, 0.25) is 0 Å². The number of hydrogen-bond acceptors (Lipinski definition) is 4. The van der Waals surface area contributed by atoms with E-state index in [1.54, 1.807) is 12.4 Å². The molecule has 0 aliphatic carbocycles. The molecule has 14 heavy (non-hydrogen) atoms. The summed E-state index contributed by atoms with van der Waals surface area (Å²) in [4.78, 5) is 12.6. The third-order valence-electron chi connectivity index (χ3n) is 1.77. The lowest BCUT2D eigenvalue weighted by Gasteiger charge is -2.08. The van der Waals surface area contributed by atoms with E-state index < -0.39 is 0 Å². The highest BCUT2D eigenvalue weighted by molar-refractivity contribution is 5.71. The Bertz CT molecular complexity index is 439. The molecule has 0 spiro atoms. The molecule has 0 aromatic carbocycles. The Kier molecular flexibility index (Phi) is 2.26. The van der Waals surface area contributed by atoms with Crippen molar-refractivity contribution in [2.24, 2.45) is 0 Å². The van der Waals surface area contributed by atoms with Crippen LogP contribution in [0.15, 0.2) is 24.5 Å². The molecule has 2 rings (SSSR count). The Morgan fingerprint density at radius 1 is 1.14 bits per heavy atom. The molecule has 72 valence electrons. The van der Waals surface area contributed by atoms with Crippen molar-refractivity contribution in [2.75, 3.05) is 5.32 Å². The molecular formula is C10H12N4. The van der Waals surface area contributed by atoms with Crippen molar-refractivity contribution >= 4 is 17.0 Å². The van der Waals surface area contributed by atoms with Gasteiger partial charge in [-0.05, 0) is 26.0 Å². The summed E-state index contributed by atoms with van der Waals surface area (Å²) in [5.41, 5.74) is 1.50. The van der Waals surface area contributed by atoms with Gasteiger partial charge in [-0.15, -0.1) is 0 Å². The van der Waals surface area contributed by atoms with Crippen LogP contribution in [0.5, 0.6) is 0 Å². The summed E-state index contributed by atoms with van der Waals surface area (Å²) in [7, 11) is 0. The van der Waals surface area contributed by atoms with Crippen LogP contribution in [0.1, 0.15) is 13.8 Å². The molecular weight excluding hydrogens is 176 g/mol. The van der Waals surface area contributed by atoms with E-state index in [9.17, 15) is 0 Å². The summed E-state index contributed by atoms with van der Waals surface area (Å²) in [6.45, 7) is 4.14. The van der Waals surface area contributed by atoms with E-state index in [-0.39, 0.29) is 0 Å². The SMILES string of the molecule is CC(C)Nc1ccc2nccnc2n1. The van der Waals surface area contributed by atoms with Crippen LogP contribution in [0.25, 0.3) is 11.2 Å². The van der Waals surface area contributed by atoms with E-state index >= 15 is 0 Å². The monoisotopic (exact) mass is 188 g/mol. The molecule has 0 amide bonds. The fourth-order valence-electron chi connectivity index (χ4n) is 1.23. The van der Waals surface area contributed by atoms with Crippen LogP contribution in [0.2, 0.25) is 0 Å². The number of pyridine rings is 1. The molecule has 2 aromatic heterocycles. The van der Waals surface area contributed by atoms with Crippen LogP contribution in [-0.4, -0.2) is 21.0 Å². The predicted molar refractivity (Wildman–Crippen MR) is 56.1 cm³/mol. The quantitative estimate of drug-likeness (QED) is 0.781. The van der Waals surface area contributed by atoms with Crippen molar-refractivity contribution < 1.29 is 0 Å². The van der Waals surface area contributed by atoms with Crippen molar-refractivity contribution in [2.45, 2.75) is 19.9 Å². The molecule has 2 heterocycles. The van der Waals surface area contributed by atoms with Gasteiger partial charge in [0.1, 0.15) is 11.3 Å². The standard InChI is InChI=1S/C10H12N4/c1-7(2)13-9-4-3-8-10(14-9)12-6-5-11-8/h3-7H,1-2H3,(H,12,13,14). The fraction of sp³-hybridized carbons (Fsp3) is 0.300. The zero-order valence-corrected chi connectivity index (χ0v) is 8.23. The summed E-state index contributed by atoms with van der Waals surface area (Å²) in [5.74, 6) is 0.841. The number of hydrogen-bond donors (Lipinski definition) is 1. The number of rotatable bonds is 2. The van der Waals surface area contributed by atoms with Gasteiger partial charge in [-0.2, -0.15) is 0 Å². The van der Waals surface area contributed by atoms with Crippen molar-refractivity contribution in [3.63, 3.8) is 0 Å². The largest absolute Gasteiger partial charge is 0.368 e. The van der Waals surface area contributed by atoms with Gasteiger partial charge in [0, 0.05) is 18.4 Å². The Balaban J connectivity index is 2.41. The first-order valence-corrected chi connectivity index (χ1v) is 4.60. The van der Waals surface area contributed by atoms with E-state index in [4.69, 9.17) is 0 Å². The first-order chi connectivity index (χ1) is 6.75. The van der Waals surface area contributed by atoms with Gasteiger partial charge >= 0.3 is 0 Å². The van der Waals surface area contributed by atoms with E-state index in [0.29, 0.717) is 11.7 Å². The number of fused-ring (bicyclic) bond motifs is 1. The topological polar surface area (TPSA) is 50.7 Å². The van der Waals surface area contributed by atoms with Gasteiger partial charge in [-0.25, -0.2) is 9.97 Å². The lowest BCUT2D eigenvalue weighted by Crippen LogP contribution is -2.10. The number of aromatic nitrogens is 3. The van der Waals surface area contributed by atoms with Crippen molar-refractivity contribution in [1.82, 2.24) is 15.0 Å². The average molecular weight is 188 g/mol. The molecule has 0 aliphatic heterocycles. The normalized spacial score (nSPS) is 10.8. The minimum absolute atomic E-state index is 0.372. The van der Waals surface area contributed by atoms with Crippen LogP contribution in [0.4, 0.5) is 5.82 Å². The van der Waals surface area contributed by atoms with Crippen molar-refractivity contribution in [3.8, 4) is 0 Å². The molecule has 4 nitrogen and oxygen atoms in total. The Hall–Kier alpha value is -1.71. The highest BCUT2D eigenvalue weighted by Gasteiger charge is 2.00. The first-order valence-electron chi connectivity index (χ1n) is 4.60. The Morgan fingerprint density at radius 3 is 2.71 bits per heavy atom. The molecule has 0 radical (unpaired) electrons. The molecule has 1 N–H and O–H groups in total. The zero-order valence-electron chi connectivity index (χ0n) is 8.23. The average Bonchev–Trinajstić information content (AvgIpc) is 2.17. The van der Waals surface area contributed by atoms with Crippen molar-refractivity contribution in [1.29, 1.82) is 0 Å². The van der Waals surface area contributed by atoms with Crippen LogP contribution in [-0.2, 0) is 0 Å². The third kappa shape index (κ3) is 1.79. The highest BCUT2D eigenvalue weighted by atomic mass is 15.0. The number of nitrogens with one attached hydrogen (secondary N) is 1. The van der Waals surface area contributed by atoms with E-state index in [2.05, 4.69) is 34.1 Å². The minimum Gasteiger partial charge on any atom is -0.368 e.